The Labute approximate surface area is 156 Å². The van der Waals surface area contributed by atoms with Crippen molar-refractivity contribution in [2.24, 2.45) is 0 Å². The second-order valence-corrected chi connectivity index (χ2v) is 7.26. The summed E-state index contributed by atoms with van der Waals surface area (Å²) in [7, 11) is 2.10. The number of nitrogens with one attached hydrogen (secondary N) is 1. The number of nitrogens with zero attached hydrogens (tertiary/aromatic N) is 2. The van der Waals surface area contributed by atoms with Crippen LogP contribution in [0.15, 0.2) is 42.5 Å². The van der Waals surface area contributed by atoms with Crippen molar-refractivity contribution < 1.29 is 9.13 Å². The van der Waals surface area contributed by atoms with Crippen LogP contribution in [-0.2, 0) is 4.74 Å². The topological polar surface area (TPSA) is 41.1 Å². The molecule has 1 atom stereocenters. The molecule has 136 valence electrons. The maximum atomic E-state index is 14.6. The van der Waals surface area contributed by atoms with E-state index in [1.54, 1.807) is 12.1 Å². The van der Waals surface area contributed by atoms with Crippen LogP contribution in [0.2, 0.25) is 5.02 Å². The van der Waals surface area contributed by atoms with E-state index in [0.717, 1.165) is 37.0 Å². The van der Waals surface area contributed by atoms with Crippen molar-refractivity contribution in [2.45, 2.75) is 25.0 Å². The van der Waals surface area contributed by atoms with Crippen molar-refractivity contribution in [2.75, 3.05) is 20.1 Å². The predicted octanol–water partition coefficient (Wildman–Crippen LogP) is 4.56. The lowest BCUT2D eigenvalue weighted by molar-refractivity contribution is -0.0276. The van der Waals surface area contributed by atoms with E-state index in [-0.39, 0.29) is 11.9 Å². The molecule has 1 N–H and O–H groups in total. The zero-order chi connectivity index (χ0) is 18.1. The Morgan fingerprint density at radius 2 is 2.00 bits per heavy atom. The SMILES string of the molecule is CN1CCC(OC(c2nc3ccccc3[nH]2)c2cc(Cl)ccc2F)CC1. The van der Waals surface area contributed by atoms with Gasteiger partial charge in [0.05, 0.1) is 17.1 Å². The second kappa shape index (κ2) is 7.35. The van der Waals surface area contributed by atoms with Crippen LogP contribution in [0.3, 0.4) is 0 Å². The predicted molar refractivity (Wildman–Crippen MR) is 101 cm³/mol. The molecule has 0 radical (unpaired) electrons. The van der Waals surface area contributed by atoms with Crippen LogP contribution < -0.4 is 0 Å². The Balaban J connectivity index is 1.72. The number of aromatic amines is 1. The first-order chi connectivity index (χ1) is 12.6. The van der Waals surface area contributed by atoms with Crippen LogP contribution in [0.4, 0.5) is 4.39 Å². The Morgan fingerprint density at radius 3 is 2.77 bits per heavy atom. The molecule has 2 heterocycles. The molecule has 26 heavy (non-hydrogen) atoms. The molecular weight excluding hydrogens is 353 g/mol. The highest BCUT2D eigenvalue weighted by molar-refractivity contribution is 6.30. The summed E-state index contributed by atoms with van der Waals surface area (Å²) in [5.74, 6) is 0.263. The highest BCUT2D eigenvalue weighted by Crippen LogP contribution is 2.32. The number of ether oxygens (including phenoxy) is 1. The van der Waals surface area contributed by atoms with E-state index in [9.17, 15) is 4.39 Å². The van der Waals surface area contributed by atoms with E-state index in [0.29, 0.717) is 16.4 Å². The largest absolute Gasteiger partial charge is 0.362 e. The smallest absolute Gasteiger partial charge is 0.143 e. The summed E-state index contributed by atoms with van der Waals surface area (Å²) in [5, 5.41) is 0.481. The number of rotatable bonds is 4. The minimum absolute atomic E-state index is 0.0581. The number of piperidine rings is 1. The highest BCUT2D eigenvalue weighted by Gasteiger charge is 2.28. The summed E-state index contributed by atoms with van der Waals surface area (Å²) < 4.78 is 20.9. The zero-order valence-corrected chi connectivity index (χ0v) is 15.3. The maximum Gasteiger partial charge on any atom is 0.143 e. The Hall–Kier alpha value is -1.95. The molecule has 6 heteroatoms. The minimum atomic E-state index is -0.616. The average molecular weight is 374 g/mol. The summed E-state index contributed by atoms with van der Waals surface area (Å²) in [4.78, 5) is 10.2. The van der Waals surface area contributed by atoms with Gasteiger partial charge in [0.15, 0.2) is 0 Å². The number of likely N-dealkylation sites (tertiary alicyclic amines) is 1. The van der Waals surface area contributed by atoms with Gasteiger partial charge in [-0.05, 0) is 50.2 Å². The van der Waals surface area contributed by atoms with Gasteiger partial charge in [0.1, 0.15) is 17.7 Å². The number of benzene rings is 2. The van der Waals surface area contributed by atoms with Gasteiger partial charge in [0, 0.05) is 23.7 Å². The summed E-state index contributed by atoms with van der Waals surface area (Å²) in [6, 6.07) is 12.3. The first-order valence-corrected chi connectivity index (χ1v) is 9.21. The van der Waals surface area contributed by atoms with E-state index in [2.05, 4.69) is 21.9 Å². The van der Waals surface area contributed by atoms with E-state index < -0.39 is 6.10 Å². The van der Waals surface area contributed by atoms with E-state index in [1.807, 2.05) is 24.3 Å². The molecule has 1 aliphatic heterocycles. The van der Waals surface area contributed by atoms with Crippen LogP contribution in [-0.4, -0.2) is 41.1 Å². The Bertz CT molecular complexity index is 872. The van der Waals surface area contributed by atoms with Crippen molar-refractivity contribution in [1.82, 2.24) is 14.9 Å². The fraction of sp³-hybridized carbons (Fsp3) is 0.350. The van der Waals surface area contributed by atoms with Crippen molar-refractivity contribution >= 4 is 22.6 Å². The fourth-order valence-corrected chi connectivity index (χ4v) is 3.59. The van der Waals surface area contributed by atoms with Gasteiger partial charge in [-0.15, -0.1) is 0 Å². The molecule has 1 aliphatic rings. The van der Waals surface area contributed by atoms with Crippen molar-refractivity contribution in [3.8, 4) is 0 Å². The molecule has 3 aromatic rings. The average Bonchev–Trinajstić information content (AvgIpc) is 3.07. The van der Waals surface area contributed by atoms with Gasteiger partial charge >= 0.3 is 0 Å². The lowest BCUT2D eigenvalue weighted by Gasteiger charge is -2.31. The van der Waals surface area contributed by atoms with Crippen LogP contribution in [0, 0.1) is 5.82 Å². The monoisotopic (exact) mass is 373 g/mol. The number of para-hydroxylation sites is 2. The summed E-state index contributed by atoms with van der Waals surface area (Å²) in [5.41, 5.74) is 2.15. The first-order valence-electron chi connectivity index (χ1n) is 8.84. The van der Waals surface area contributed by atoms with Gasteiger partial charge in [-0.25, -0.2) is 9.37 Å². The third kappa shape index (κ3) is 3.61. The van der Waals surface area contributed by atoms with E-state index >= 15 is 0 Å². The second-order valence-electron chi connectivity index (χ2n) is 6.82. The number of H-pyrrole nitrogens is 1. The zero-order valence-electron chi connectivity index (χ0n) is 14.6. The molecule has 1 fully saturated rings. The van der Waals surface area contributed by atoms with Gasteiger partial charge in [0.25, 0.3) is 0 Å². The third-order valence-electron chi connectivity index (χ3n) is 4.89. The molecule has 2 aromatic carbocycles. The van der Waals surface area contributed by atoms with E-state index in [1.165, 1.54) is 6.07 Å². The van der Waals surface area contributed by atoms with Crippen LogP contribution in [0.25, 0.3) is 11.0 Å². The summed E-state index contributed by atoms with van der Waals surface area (Å²) in [6.07, 6.45) is 1.27. The lowest BCUT2D eigenvalue weighted by atomic mass is 10.1. The molecule has 0 aliphatic carbocycles. The standard InChI is InChI=1S/C20H21ClFN3O/c1-25-10-8-14(9-11-25)26-19(15-12-13(21)6-7-16(15)22)20-23-17-4-2-3-5-18(17)24-20/h2-7,12,14,19H,8-11H2,1H3,(H,23,24). The molecule has 0 saturated carbocycles. The van der Waals surface area contributed by atoms with Crippen LogP contribution in [0.5, 0.6) is 0 Å². The number of halogens is 2. The third-order valence-corrected chi connectivity index (χ3v) is 5.13. The Morgan fingerprint density at radius 1 is 1.23 bits per heavy atom. The molecule has 1 aromatic heterocycles. The van der Waals surface area contributed by atoms with Crippen molar-refractivity contribution in [3.63, 3.8) is 0 Å². The maximum absolute atomic E-state index is 14.6. The molecule has 0 amide bonds. The minimum Gasteiger partial charge on any atom is -0.362 e. The van der Waals surface area contributed by atoms with Gasteiger partial charge < -0.3 is 14.6 Å². The normalized spacial score (nSPS) is 17.7. The molecular formula is C20H21ClFN3O. The van der Waals surface area contributed by atoms with Gasteiger partial charge in [0.2, 0.25) is 0 Å². The molecule has 4 nitrogen and oxygen atoms in total. The summed E-state index contributed by atoms with van der Waals surface area (Å²) >= 11 is 6.13. The van der Waals surface area contributed by atoms with Gasteiger partial charge in [-0.2, -0.15) is 0 Å². The molecule has 4 rings (SSSR count). The van der Waals surface area contributed by atoms with Gasteiger partial charge in [-0.3, -0.25) is 0 Å². The van der Waals surface area contributed by atoms with Gasteiger partial charge in [-0.1, -0.05) is 23.7 Å². The number of hydrogen-bond acceptors (Lipinski definition) is 3. The Kier molecular flexibility index (Phi) is 4.94. The van der Waals surface area contributed by atoms with Crippen LogP contribution >= 0.6 is 11.6 Å². The number of aromatic nitrogens is 2. The number of hydrogen-bond donors (Lipinski definition) is 1. The fourth-order valence-electron chi connectivity index (χ4n) is 3.41. The van der Waals surface area contributed by atoms with Crippen molar-refractivity contribution in [1.29, 1.82) is 0 Å². The lowest BCUT2D eigenvalue weighted by Crippen LogP contribution is -2.35. The number of imidazole rings is 1. The van der Waals surface area contributed by atoms with E-state index in [4.69, 9.17) is 16.3 Å². The molecule has 0 bridgehead atoms. The van der Waals surface area contributed by atoms with Crippen LogP contribution in [0.1, 0.15) is 30.3 Å². The number of fused-ring (bicyclic) bond motifs is 1. The summed E-state index contributed by atoms with van der Waals surface area (Å²) in [6.45, 7) is 1.94. The van der Waals surface area contributed by atoms with Crippen molar-refractivity contribution in [3.05, 3.63) is 64.7 Å². The molecule has 0 spiro atoms. The molecule has 1 unspecified atom stereocenters. The highest BCUT2D eigenvalue weighted by atomic mass is 35.5. The first kappa shape index (κ1) is 17.5. The molecule has 1 saturated heterocycles. The quantitative estimate of drug-likeness (QED) is 0.729.